The molecule has 7 heteroatoms. The van der Waals surface area contributed by atoms with Gasteiger partial charge in [0.25, 0.3) is 5.91 Å². The third kappa shape index (κ3) is 4.22. The number of halogens is 2. The highest BCUT2D eigenvalue weighted by atomic mass is 35.5. The molecule has 2 aromatic carbocycles. The van der Waals surface area contributed by atoms with Gasteiger partial charge in [0.15, 0.2) is 11.5 Å². The van der Waals surface area contributed by atoms with Crippen LogP contribution in [-0.2, 0) is 0 Å². The van der Waals surface area contributed by atoms with Crippen LogP contribution in [0.5, 0.6) is 0 Å². The number of carbonyl (C=O) groups is 1. The van der Waals surface area contributed by atoms with Gasteiger partial charge < -0.3 is 10.6 Å². The largest absolute Gasteiger partial charge is 0.339 e. The van der Waals surface area contributed by atoms with Crippen LogP contribution in [0.25, 0.3) is 0 Å². The molecule has 1 aromatic heterocycles. The van der Waals surface area contributed by atoms with Crippen molar-refractivity contribution in [2.24, 2.45) is 0 Å². The number of amides is 1. The molecule has 1 heterocycles. The molecule has 0 spiro atoms. The summed E-state index contributed by atoms with van der Waals surface area (Å²) in [5.41, 5.74) is 1.58. The molecule has 0 saturated carbocycles. The molecule has 3 rings (SSSR count). The molecule has 0 aliphatic heterocycles. The normalized spacial score (nSPS) is 10.2. The topological polar surface area (TPSA) is 66.9 Å². The Bertz CT molecular complexity index is 868. The molecule has 0 atom stereocenters. The van der Waals surface area contributed by atoms with Crippen molar-refractivity contribution in [2.75, 3.05) is 10.6 Å². The number of nitrogens with zero attached hydrogens (tertiary/aromatic N) is 2. The fourth-order valence-corrected chi connectivity index (χ4v) is 2.38. The number of carbonyl (C=O) groups excluding carboxylic acids is 1. The summed E-state index contributed by atoms with van der Waals surface area (Å²) in [5.74, 6) is 0.149. The Kier molecular flexibility index (Phi) is 4.93. The minimum Gasteiger partial charge on any atom is -0.339 e. The lowest BCUT2D eigenvalue weighted by atomic mass is 10.3. The first-order valence-corrected chi connectivity index (χ1v) is 7.79. The van der Waals surface area contributed by atoms with E-state index in [1.807, 2.05) is 12.1 Å². The van der Waals surface area contributed by atoms with E-state index in [0.717, 1.165) is 5.69 Å². The van der Waals surface area contributed by atoms with Crippen LogP contribution in [-0.4, -0.2) is 16.1 Å². The van der Waals surface area contributed by atoms with Gasteiger partial charge in [-0.05, 0) is 48.5 Å². The molecule has 0 aliphatic carbocycles. The van der Waals surface area contributed by atoms with Crippen molar-refractivity contribution in [1.29, 1.82) is 0 Å². The van der Waals surface area contributed by atoms with E-state index in [4.69, 9.17) is 23.2 Å². The molecule has 2 N–H and O–H groups in total. The van der Waals surface area contributed by atoms with Gasteiger partial charge >= 0.3 is 0 Å². The number of anilines is 3. The molecular formula is C17H12Cl2N4O. The van der Waals surface area contributed by atoms with E-state index in [1.165, 1.54) is 0 Å². The summed E-state index contributed by atoms with van der Waals surface area (Å²) in [6, 6.07) is 17.4. The zero-order valence-corrected chi connectivity index (χ0v) is 13.8. The van der Waals surface area contributed by atoms with Crippen molar-refractivity contribution in [3.63, 3.8) is 0 Å². The van der Waals surface area contributed by atoms with Gasteiger partial charge in [0.2, 0.25) is 0 Å². The predicted molar refractivity (Wildman–Crippen MR) is 96.2 cm³/mol. The number of nitrogens with one attached hydrogen (secondary N) is 2. The predicted octanol–water partition coefficient (Wildman–Crippen LogP) is 4.78. The molecule has 5 nitrogen and oxygen atoms in total. The van der Waals surface area contributed by atoms with Gasteiger partial charge in [0.1, 0.15) is 0 Å². The van der Waals surface area contributed by atoms with E-state index in [2.05, 4.69) is 20.8 Å². The Hall–Kier alpha value is -2.63. The lowest BCUT2D eigenvalue weighted by molar-refractivity contribution is 0.102. The summed E-state index contributed by atoms with van der Waals surface area (Å²) in [5, 5.41) is 14.8. The summed E-state index contributed by atoms with van der Waals surface area (Å²) in [6.07, 6.45) is 0. The average Bonchev–Trinajstić information content (AvgIpc) is 2.55. The summed E-state index contributed by atoms with van der Waals surface area (Å²) >= 11 is 11.8. The maximum atomic E-state index is 12.1. The van der Waals surface area contributed by atoms with Crippen LogP contribution in [0.2, 0.25) is 10.0 Å². The van der Waals surface area contributed by atoms with Crippen LogP contribution in [0.15, 0.2) is 60.7 Å². The SMILES string of the molecule is O=C(Nc1cccc(Cl)c1)c1ccc(Nc2cccc(Cl)c2)nn1. The zero-order valence-electron chi connectivity index (χ0n) is 12.3. The molecule has 0 bridgehead atoms. The van der Waals surface area contributed by atoms with Gasteiger partial charge in [-0.2, -0.15) is 0 Å². The first kappa shape index (κ1) is 16.2. The summed E-state index contributed by atoms with van der Waals surface area (Å²) in [6.45, 7) is 0. The highest BCUT2D eigenvalue weighted by Crippen LogP contribution is 2.19. The Labute approximate surface area is 148 Å². The Morgan fingerprint density at radius 3 is 2.12 bits per heavy atom. The smallest absolute Gasteiger partial charge is 0.276 e. The monoisotopic (exact) mass is 358 g/mol. The van der Waals surface area contributed by atoms with Gasteiger partial charge in [-0.1, -0.05) is 35.3 Å². The summed E-state index contributed by atoms with van der Waals surface area (Å²) in [4.78, 5) is 12.1. The molecule has 0 fully saturated rings. The first-order valence-electron chi connectivity index (χ1n) is 7.03. The number of aromatic nitrogens is 2. The molecule has 1 amide bonds. The van der Waals surface area contributed by atoms with E-state index in [0.29, 0.717) is 21.6 Å². The van der Waals surface area contributed by atoms with E-state index < -0.39 is 0 Å². The molecule has 0 unspecified atom stereocenters. The minimum atomic E-state index is -0.362. The Balaban J connectivity index is 1.68. The standard InChI is InChI=1S/C17H12Cl2N4O/c18-11-3-1-5-13(9-11)20-16-8-7-15(22-23-16)17(24)21-14-6-2-4-12(19)10-14/h1-10H,(H,20,23)(H,21,24). The first-order chi connectivity index (χ1) is 11.6. The lowest BCUT2D eigenvalue weighted by Gasteiger charge is -2.07. The van der Waals surface area contributed by atoms with Crippen LogP contribution >= 0.6 is 23.2 Å². The van der Waals surface area contributed by atoms with Crippen molar-refractivity contribution in [3.05, 3.63) is 76.4 Å². The van der Waals surface area contributed by atoms with Crippen LogP contribution in [0.4, 0.5) is 17.2 Å². The van der Waals surface area contributed by atoms with Crippen LogP contribution in [0, 0.1) is 0 Å². The Morgan fingerprint density at radius 2 is 1.50 bits per heavy atom. The molecule has 120 valence electrons. The lowest BCUT2D eigenvalue weighted by Crippen LogP contribution is -2.14. The van der Waals surface area contributed by atoms with E-state index in [9.17, 15) is 4.79 Å². The van der Waals surface area contributed by atoms with Crippen LogP contribution < -0.4 is 10.6 Å². The maximum absolute atomic E-state index is 12.1. The molecule has 0 radical (unpaired) electrons. The summed E-state index contributed by atoms with van der Waals surface area (Å²) in [7, 11) is 0. The number of hydrogen-bond donors (Lipinski definition) is 2. The quantitative estimate of drug-likeness (QED) is 0.704. The molecule has 24 heavy (non-hydrogen) atoms. The summed E-state index contributed by atoms with van der Waals surface area (Å²) < 4.78 is 0. The second kappa shape index (κ2) is 7.29. The van der Waals surface area contributed by atoms with Crippen LogP contribution in [0.1, 0.15) is 10.5 Å². The van der Waals surface area contributed by atoms with Crippen molar-refractivity contribution in [1.82, 2.24) is 10.2 Å². The van der Waals surface area contributed by atoms with Crippen molar-refractivity contribution >= 4 is 46.3 Å². The number of hydrogen-bond acceptors (Lipinski definition) is 4. The fraction of sp³-hybridized carbons (Fsp3) is 0. The van der Waals surface area contributed by atoms with Gasteiger partial charge in [-0.3, -0.25) is 4.79 Å². The minimum absolute atomic E-state index is 0.201. The second-order valence-electron chi connectivity index (χ2n) is 4.90. The van der Waals surface area contributed by atoms with E-state index in [-0.39, 0.29) is 11.6 Å². The van der Waals surface area contributed by atoms with Crippen molar-refractivity contribution < 1.29 is 4.79 Å². The Morgan fingerprint density at radius 1 is 0.833 bits per heavy atom. The second-order valence-corrected chi connectivity index (χ2v) is 5.78. The van der Waals surface area contributed by atoms with E-state index >= 15 is 0 Å². The molecular weight excluding hydrogens is 347 g/mol. The van der Waals surface area contributed by atoms with Gasteiger partial charge in [0, 0.05) is 21.4 Å². The van der Waals surface area contributed by atoms with Crippen molar-refractivity contribution in [2.45, 2.75) is 0 Å². The van der Waals surface area contributed by atoms with Crippen molar-refractivity contribution in [3.8, 4) is 0 Å². The van der Waals surface area contributed by atoms with E-state index in [1.54, 1.807) is 48.5 Å². The molecule has 0 saturated heterocycles. The average molecular weight is 359 g/mol. The van der Waals surface area contributed by atoms with Crippen LogP contribution in [0.3, 0.4) is 0 Å². The van der Waals surface area contributed by atoms with Gasteiger partial charge in [-0.15, -0.1) is 10.2 Å². The van der Waals surface area contributed by atoms with Gasteiger partial charge in [0.05, 0.1) is 0 Å². The zero-order chi connectivity index (χ0) is 16.9. The third-order valence-corrected chi connectivity index (χ3v) is 3.55. The number of benzene rings is 2. The van der Waals surface area contributed by atoms with Gasteiger partial charge in [-0.25, -0.2) is 0 Å². The molecule has 0 aliphatic rings. The third-order valence-electron chi connectivity index (χ3n) is 3.08. The maximum Gasteiger partial charge on any atom is 0.276 e. The molecule has 3 aromatic rings. The highest BCUT2D eigenvalue weighted by molar-refractivity contribution is 6.31. The number of rotatable bonds is 4. The fourth-order valence-electron chi connectivity index (χ4n) is 2.00. The highest BCUT2D eigenvalue weighted by Gasteiger charge is 2.09.